The molecular formula is C26H25N5O3S. The largest absolute Gasteiger partial charge is 0.467 e. The molecule has 0 radical (unpaired) electrons. The Balaban J connectivity index is 1.22. The highest BCUT2D eigenvalue weighted by molar-refractivity contribution is 7.99. The second kappa shape index (κ2) is 9.22. The van der Waals surface area contributed by atoms with Crippen LogP contribution in [-0.4, -0.2) is 37.1 Å². The maximum Gasteiger partial charge on any atom is 0.253 e. The zero-order valence-corrected chi connectivity index (χ0v) is 20.1. The normalized spacial score (nSPS) is 17.7. The molecule has 1 aromatic carbocycles. The first-order chi connectivity index (χ1) is 17.2. The van der Waals surface area contributed by atoms with Crippen molar-refractivity contribution in [1.82, 2.24) is 19.8 Å². The van der Waals surface area contributed by atoms with E-state index in [0.717, 1.165) is 41.5 Å². The summed E-state index contributed by atoms with van der Waals surface area (Å²) in [5, 5.41) is 15.9. The van der Waals surface area contributed by atoms with E-state index in [-0.39, 0.29) is 17.7 Å². The van der Waals surface area contributed by atoms with Crippen molar-refractivity contribution in [2.24, 2.45) is 5.10 Å². The lowest BCUT2D eigenvalue weighted by Crippen LogP contribution is -2.28. The van der Waals surface area contributed by atoms with E-state index in [9.17, 15) is 4.79 Å². The standard InChI is InChI=1S/C26H25N5O3S/c1-17-6-8-18(9-7-17)21-14-22(23-5-3-13-34-23)31(29-21)24(32)16-35-26-28-27-25(19-10-11-19)30(26)15-20-4-2-12-33-20/h2-9,12-13,19,22H,10-11,14-16H2,1H3. The molecular weight excluding hydrogens is 462 g/mol. The second-order valence-electron chi connectivity index (χ2n) is 8.96. The van der Waals surface area contributed by atoms with Gasteiger partial charge in [0.05, 0.1) is 30.5 Å². The Kier molecular flexibility index (Phi) is 5.77. The molecule has 0 spiro atoms. The maximum atomic E-state index is 13.4. The lowest BCUT2D eigenvalue weighted by atomic mass is 10.0. The highest BCUT2D eigenvalue weighted by Crippen LogP contribution is 2.40. The molecule has 0 bridgehead atoms. The molecule has 2 aliphatic rings. The third kappa shape index (κ3) is 4.55. The van der Waals surface area contributed by atoms with Crippen molar-refractivity contribution in [3.8, 4) is 0 Å². The predicted molar refractivity (Wildman–Crippen MR) is 131 cm³/mol. The molecule has 1 amide bonds. The number of hydrogen-bond donors (Lipinski definition) is 0. The molecule has 1 atom stereocenters. The number of carbonyl (C=O) groups excluding carboxylic acids is 1. The van der Waals surface area contributed by atoms with Crippen LogP contribution in [0.2, 0.25) is 0 Å². The van der Waals surface area contributed by atoms with Gasteiger partial charge in [0, 0.05) is 12.3 Å². The van der Waals surface area contributed by atoms with Gasteiger partial charge in [0.25, 0.3) is 5.91 Å². The number of nitrogens with zero attached hydrogens (tertiary/aromatic N) is 5. The number of rotatable bonds is 8. The first-order valence-corrected chi connectivity index (χ1v) is 12.7. The van der Waals surface area contributed by atoms with Gasteiger partial charge in [-0.15, -0.1) is 10.2 Å². The molecule has 178 valence electrons. The Bertz CT molecular complexity index is 1340. The summed E-state index contributed by atoms with van der Waals surface area (Å²) < 4.78 is 13.3. The van der Waals surface area contributed by atoms with E-state index in [0.29, 0.717) is 24.0 Å². The van der Waals surface area contributed by atoms with Crippen molar-refractivity contribution in [1.29, 1.82) is 0 Å². The van der Waals surface area contributed by atoms with Gasteiger partial charge in [-0.1, -0.05) is 41.6 Å². The Morgan fingerprint density at radius 2 is 1.86 bits per heavy atom. The molecule has 9 heteroatoms. The van der Waals surface area contributed by atoms with Gasteiger partial charge >= 0.3 is 0 Å². The van der Waals surface area contributed by atoms with E-state index < -0.39 is 0 Å². The van der Waals surface area contributed by atoms with Gasteiger partial charge in [0.1, 0.15) is 23.4 Å². The van der Waals surface area contributed by atoms with E-state index in [4.69, 9.17) is 13.9 Å². The minimum atomic E-state index is -0.266. The predicted octanol–water partition coefficient (Wildman–Crippen LogP) is 5.17. The SMILES string of the molecule is Cc1ccc(C2=NN(C(=O)CSc3nnc(C4CC4)n3Cc3ccco3)C(c3ccco3)C2)cc1. The van der Waals surface area contributed by atoms with Gasteiger partial charge in [0.2, 0.25) is 0 Å². The van der Waals surface area contributed by atoms with Crippen molar-refractivity contribution in [3.05, 3.63) is 89.5 Å². The minimum Gasteiger partial charge on any atom is -0.467 e. The summed E-state index contributed by atoms with van der Waals surface area (Å²) in [6.45, 7) is 2.61. The van der Waals surface area contributed by atoms with Crippen LogP contribution in [0.15, 0.2) is 80.1 Å². The van der Waals surface area contributed by atoms with Crippen molar-refractivity contribution >= 4 is 23.4 Å². The average Bonchev–Trinajstić information content (AvgIpc) is 3.34. The number of amides is 1. The molecule has 8 nitrogen and oxygen atoms in total. The summed E-state index contributed by atoms with van der Waals surface area (Å²) in [4.78, 5) is 13.4. The van der Waals surface area contributed by atoms with E-state index in [2.05, 4.69) is 33.8 Å². The van der Waals surface area contributed by atoms with Crippen LogP contribution in [0.5, 0.6) is 0 Å². The third-order valence-electron chi connectivity index (χ3n) is 6.33. The Hall–Kier alpha value is -3.59. The number of furan rings is 2. The molecule has 1 aliphatic carbocycles. The van der Waals surface area contributed by atoms with Crippen LogP contribution >= 0.6 is 11.8 Å². The molecule has 0 saturated heterocycles. The average molecular weight is 488 g/mol. The summed E-state index contributed by atoms with van der Waals surface area (Å²) in [7, 11) is 0. The number of thioether (sulfide) groups is 1. The van der Waals surface area contributed by atoms with E-state index in [1.165, 1.54) is 17.3 Å². The molecule has 35 heavy (non-hydrogen) atoms. The minimum absolute atomic E-state index is 0.0981. The molecule has 4 heterocycles. The number of hydrazone groups is 1. The number of benzene rings is 1. The van der Waals surface area contributed by atoms with Gasteiger partial charge in [-0.05, 0) is 49.6 Å². The Morgan fingerprint density at radius 1 is 1.06 bits per heavy atom. The van der Waals surface area contributed by atoms with E-state index in [1.807, 2.05) is 36.4 Å². The van der Waals surface area contributed by atoms with Gasteiger partial charge in [-0.2, -0.15) is 5.10 Å². The monoisotopic (exact) mass is 487 g/mol. The molecule has 1 fully saturated rings. The molecule has 6 rings (SSSR count). The van der Waals surface area contributed by atoms with Crippen LogP contribution in [0.25, 0.3) is 0 Å². The highest BCUT2D eigenvalue weighted by atomic mass is 32.2. The fourth-order valence-corrected chi connectivity index (χ4v) is 5.11. The highest BCUT2D eigenvalue weighted by Gasteiger charge is 2.35. The number of aromatic nitrogens is 3. The fourth-order valence-electron chi connectivity index (χ4n) is 4.31. The van der Waals surface area contributed by atoms with Crippen LogP contribution in [0.4, 0.5) is 0 Å². The maximum absolute atomic E-state index is 13.4. The molecule has 3 aromatic heterocycles. The van der Waals surface area contributed by atoms with Crippen molar-refractivity contribution in [3.63, 3.8) is 0 Å². The van der Waals surface area contributed by atoms with Gasteiger partial charge < -0.3 is 8.83 Å². The molecule has 0 N–H and O–H groups in total. The van der Waals surface area contributed by atoms with Crippen molar-refractivity contribution < 1.29 is 13.6 Å². The zero-order valence-electron chi connectivity index (χ0n) is 19.3. The van der Waals surface area contributed by atoms with E-state index >= 15 is 0 Å². The van der Waals surface area contributed by atoms with Crippen molar-refractivity contribution in [2.45, 2.75) is 49.8 Å². The summed E-state index contributed by atoms with van der Waals surface area (Å²) >= 11 is 1.38. The first-order valence-electron chi connectivity index (χ1n) is 11.7. The van der Waals surface area contributed by atoms with Crippen LogP contribution in [0, 0.1) is 6.92 Å². The molecule has 1 unspecified atom stereocenters. The number of hydrogen-bond acceptors (Lipinski definition) is 7. The molecule has 1 saturated carbocycles. The van der Waals surface area contributed by atoms with Crippen LogP contribution in [-0.2, 0) is 11.3 Å². The number of carbonyl (C=O) groups is 1. The fraction of sp³-hybridized carbons (Fsp3) is 0.308. The molecule has 4 aromatic rings. The third-order valence-corrected chi connectivity index (χ3v) is 7.28. The van der Waals surface area contributed by atoms with Crippen LogP contribution < -0.4 is 0 Å². The topological polar surface area (TPSA) is 89.7 Å². The van der Waals surface area contributed by atoms with Gasteiger partial charge in [-0.3, -0.25) is 9.36 Å². The van der Waals surface area contributed by atoms with Gasteiger partial charge in [0.15, 0.2) is 5.16 Å². The Morgan fingerprint density at radius 3 is 2.57 bits per heavy atom. The van der Waals surface area contributed by atoms with Crippen molar-refractivity contribution in [2.75, 3.05) is 5.75 Å². The lowest BCUT2D eigenvalue weighted by Gasteiger charge is -2.19. The van der Waals surface area contributed by atoms with Crippen LogP contribution in [0.1, 0.15) is 59.7 Å². The summed E-state index contributed by atoms with van der Waals surface area (Å²) in [5.41, 5.74) is 3.08. The second-order valence-corrected chi connectivity index (χ2v) is 9.90. The summed E-state index contributed by atoms with van der Waals surface area (Å²) in [6.07, 6.45) is 6.14. The number of aryl methyl sites for hydroxylation is 1. The van der Waals surface area contributed by atoms with Crippen LogP contribution in [0.3, 0.4) is 0 Å². The Labute approximate surface area is 207 Å². The lowest BCUT2D eigenvalue weighted by molar-refractivity contribution is -0.130. The summed E-state index contributed by atoms with van der Waals surface area (Å²) in [6, 6.07) is 15.5. The first kappa shape index (κ1) is 21.9. The zero-order chi connectivity index (χ0) is 23.8. The quantitative estimate of drug-likeness (QED) is 0.319. The van der Waals surface area contributed by atoms with Gasteiger partial charge in [-0.25, -0.2) is 5.01 Å². The van der Waals surface area contributed by atoms with E-state index in [1.54, 1.807) is 17.5 Å². The summed E-state index contributed by atoms with van der Waals surface area (Å²) in [5.74, 6) is 3.06. The smallest absolute Gasteiger partial charge is 0.253 e. The molecule has 1 aliphatic heterocycles.